The summed E-state index contributed by atoms with van der Waals surface area (Å²) in [7, 11) is -4.19. The molecule has 0 unspecified atom stereocenters. The fourth-order valence-electron chi connectivity index (χ4n) is 1.21. The van der Waals surface area contributed by atoms with Crippen LogP contribution in [0.25, 0.3) is 0 Å². The molecule has 0 heterocycles. The molecule has 0 saturated carbocycles. The molecule has 4 N–H and O–H groups in total. The van der Waals surface area contributed by atoms with Gasteiger partial charge in [-0.3, -0.25) is 5.32 Å². The first-order valence-corrected chi connectivity index (χ1v) is 6.99. The molecule has 0 aromatic heterocycles. The van der Waals surface area contributed by atoms with Gasteiger partial charge in [0.05, 0.1) is 5.69 Å². The van der Waals surface area contributed by atoms with Crippen molar-refractivity contribution in [3.05, 3.63) is 18.2 Å². The number of phenolic OH excluding ortho intramolecular Hbond substituents is 1. The number of nitrogens with two attached hydrogens (primary N) is 1. The average Bonchev–Trinajstić information content (AvgIpc) is 2.18. The standard InChI is InChI=1S/C11H16N2O6S/c1-11(2,3)18-10(15)13-8-6-7(4-5-9(8)14)19-20(12,16)17/h4-6,14H,1-3H3,(H,13,15)(H2,12,16,17). The van der Waals surface area contributed by atoms with Gasteiger partial charge >= 0.3 is 16.4 Å². The molecular formula is C11H16N2O6S. The van der Waals surface area contributed by atoms with Crippen molar-refractivity contribution >= 4 is 22.1 Å². The third-order valence-corrected chi connectivity index (χ3v) is 2.24. The van der Waals surface area contributed by atoms with E-state index in [1.54, 1.807) is 20.8 Å². The zero-order chi connectivity index (χ0) is 15.6. The van der Waals surface area contributed by atoms with Gasteiger partial charge in [-0.15, -0.1) is 0 Å². The van der Waals surface area contributed by atoms with Crippen molar-refractivity contribution < 1.29 is 27.2 Å². The molecule has 8 nitrogen and oxygen atoms in total. The fraction of sp³-hybridized carbons (Fsp3) is 0.364. The Morgan fingerprint density at radius 1 is 1.35 bits per heavy atom. The van der Waals surface area contributed by atoms with Gasteiger partial charge in [-0.2, -0.15) is 13.6 Å². The van der Waals surface area contributed by atoms with E-state index in [0.29, 0.717) is 0 Å². The fourth-order valence-corrected chi connectivity index (χ4v) is 1.59. The van der Waals surface area contributed by atoms with E-state index in [4.69, 9.17) is 9.88 Å². The average molecular weight is 304 g/mol. The van der Waals surface area contributed by atoms with Gasteiger partial charge < -0.3 is 14.0 Å². The minimum atomic E-state index is -4.19. The number of benzene rings is 1. The molecule has 0 radical (unpaired) electrons. The van der Waals surface area contributed by atoms with Gasteiger partial charge in [-0.1, -0.05) is 0 Å². The normalized spacial score (nSPS) is 11.8. The molecule has 0 saturated heterocycles. The molecule has 0 atom stereocenters. The zero-order valence-corrected chi connectivity index (χ0v) is 12.0. The maximum absolute atomic E-state index is 11.5. The molecule has 1 aromatic carbocycles. The molecule has 0 fully saturated rings. The third kappa shape index (κ3) is 5.76. The molecule has 0 spiro atoms. The predicted octanol–water partition coefficient (Wildman–Crippen LogP) is 1.32. The van der Waals surface area contributed by atoms with Crippen LogP contribution in [0.5, 0.6) is 11.5 Å². The van der Waals surface area contributed by atoms with Crippen LogP contribution in [0.15, 0.2) is 18.2 Å². The number of carbonyl (C=O) groups excluding carboxylic acids is 1. The number of hydrogen-bond donors (Lipinski definition) is 3. The molecule has 0 aliphatic rings. The van der Waals surface area contributed by atoms with Crippen molar-refractivity contribution in [2.75, 3.05) is 5.32 Å². The number of hydrogen-bond acceptors (Lipinski definition) is 6. The first kappa shape index (κ1) is 16.1. The van der Waals surface area contributed by atoms with Crippen LogP contribution in [0.3, 0.4) is 0 Å². The molecule has 112 valence electrons. The van der Waals surface area contributed by atoms with Gasteiger partial charge in [0.1, 0.15) is 17.1 Å². The Bertz CT molecular complexity index is 606. The lowest BCUT2D eigenvalue weighted by Gasteiger charge is -2.20. The number of nitrogens with one attached hydrogen (secondary N) is 1. The summed E-state index contributed by atoms with van der Waals surface area (Å²) in [6.07, 6.45) is -0.805. The Balaban J connectivity index is 2.90. The highest BCUT2D eigenvalue weighted by atomic mass is 32.2. The molecule has 9 heteroatoms. The van der Waals surface area contributed by atoms with Crippen molar-refractivity contribution in [3.8, 4) is 11.5 Å². The molecule has 20 heavy (non-hydrogen) atoms. The van der Waals surface area contributed by atoms with Gasteiger partial charge in [0.2, 0.25) is 0 Å². The first-order valence-electron chi connectivity index (χ1n) is 5.51. The number of anilines is 1. The molecule has 0 aliphatic carbocycles. The Labute approximate surface area is 116 Å². The number of phenols is 1. The van der Waals surface area contributed by atoms with Crippen molar-refractivity contribution in [1.82, 2.24) is 0 Å². The summed E-state index contributed by atoms with van der Waals surface area (Å²) >= 11 is 0. The quantitative estimate of drug-likeness (QED) is 0.722. The largest absolute Gasteiger partial charge is 0.506 e. The summed E-state index contributed by atoms with van der Waals surface area (Å²) in [6, 6.07) is 3.43. The highest BCUT2D eigenvalue weighted by molar-refractivity contribution is 7.84. The van der Waals surface area contributed by atoms with E-state index < -0.39 is 22.0 Å². The summed E-state index contributed by atoms with van der Waals surface area (Å²) in [6.45, 7) is 5.02. The van der Waals surface area contributed by atoms with Crippen molar-refractivity contribution in [2.24, 2.45) is 5.14 Å². The van der Waals surface area contributed by atoms with Crippen LogP contribution in [-0.4, -0.2) is 25.2 Å². The van der Waals surface area contributed by atoms with Crippen LogP contribution in [0, 0.1) is 0 Å². The van der Waals surface area contributed by atoms with Crippen LogP contribution < -0.4 is 14.6 Å². The van der Waals surface area contributed by atoms with Crippen LogP contribution in [-0.2, 0) is 15.0 Å². The minimum Gasteiger partial charge on any atom is -0.506 e. The predicted molar refractivity (Wildman–Crippen MR) is 71.7 cm³/mol. The number of aromatic hydroxyl groups is 1. The molecule has 1 aromatic rings. The molecule has 1 amide bonds. The van der Waals surface area contributed by atoms with Gasteiger partial charge in [-0.05, 0) is 32.9 Å². The van der Waals surface area contributed by atoms with Crippen LogP contribution in [0.1, 0.15) is 20.8 Å². The Kier molecular flexibility index (Phi) is 4.46. The molecule has 1 rings (SSSR count). The Hall–Kier alpha value is -2.00. The lowest BCUT2D eigenvalue weighted by atomic mass is 10.2. The molecular weight excluding hydrogens is 288 g/mol. The summed E-state index contributed by atoms with van der Waals surface area (Å²) < 4.78 is 31.0. The zero-order valence-electron chi connectivity index (χ0n) is 11.2. The number of carbonyl (C=O) groups is 1. The van der Waals surface area contributed by atoms with E-state index in [-0.39, 0.29) is 17.2 Å². The van der Waals surface area contributed by atoms with E-state index >= 15 is 0 Å². The van der Waals surface area contributed by atoms with Gasteiger partial charge in [0.25, 0.3) is 0 Å². The van der Waals surface area contributed by atoms with Gasteiger partial charge in [0.15, 0.2) is 0 Å². The van der Waals surface area contributed by atoms with Crippen LogP contribution in [0.4, 0.5) is 10.5 Å². The second-order valence-electron chi connectivity index (χ2n) is 4.88. The topological polar surface area (TPSA) is 128 Å². The van der Waals surface area contributed by atoms with Crippen LogP contribution in [0.2, 0.25) is 0 Å². The Morgan fingerprint density at radius 3 is 2.45 bits per heavy atom. The highest BCUT2D eigenvalue weighted by Crippen LogP contribution is 2.28. The van der Waals surface area contributed by atoms with E-state index in [0.717, 1.165) is 12.1 Å². The number of ether oxygens (including phenoxy) is 1. The van der Waals surface area contributed by atoms with Crippen molar-refractivity contribution in [3.63, 3.8) is 0 Å². The van der Waals surface area contributed by atoms with Crippen molar-refractivity contribution in [2.45, 2.75) is 26.4 Å². The highest BCUT2D eigenvalue weighted by Gasteiger charge is 2.18. The third-order valence-electron chi connectivity index (χ3n) is 1.82. The summed E-state index contributed by atoms with van der Waals surface area (Å²) in [5.74, 6) is -0.436. The van der Waals surface area contributed by atoms with E-state index in [1.165, 1.54) is 6.07 Å². The van der Waals surface area contributed by atoms with E-state index in [1.807, 2.05) is 0 Å². The smallest absolute Gasteiger partial charge is 0.412 e. The first-order chi connectivity index (χ1) is 8.96. The summed E-state index contributed by atoms with van der Waals surface area (Å²) in [5, 5.41) is 16.6. The van der Waals surface area contributed by atoms with E-state index in [2.05, 4.69) is 9.50 Å². The second-order valence-corrected chi connectivity index (χ2v) is 6.03. The van der Waals surface area contributed by atoms with Gasteiger partial charge in [0, 0.05) is 6.07 Å². The van der Waals surface area contributed by atoms with Crippen LogP contribution >= 0.6 is 0 Å². The monoisotopic (exact) mass is 304 g/mol. The maximum Gasteiger partial charge on any atom is 0.412 e. The molecule has 0 aliphatic heterocycles. The number of rotatable bonds is 3. The van der Waals surface area contributed by atoms with E-state index in [9.17, 15) is 18.3 Å². The lowest BCUT2D eigenvalue weighted by molar-refractivity contribution is 0.0635. The lowest BCUT2D eigenvalue weighted by Crippen LogP contribution is -2.27. The minimum absolute atomic E-state index is 0.0691. The maximum atomic E-state index is 11.5. The summed E-state index contributed by atoms with van der Waals surface area (Å²) in [5.41, 5.74) is -0.783. The van der Waals surface area contributed by atoms with Crippen molar-refractivity contribution in [1.29, 1.82) is 0 Å². The Morgan fingerprint density at radius 2 is 1.95 bits per heavy atom. The second kappa shape index (κ2) is 5.55. The summed E-state index contributed by atoms with van der Waals surface area (Å²) in [4.78, 5) is 11.5. The molecule has 0 bridgehead atoms. The SMILES string of the molecule is CC(C)(C)OC(=O)Nc1cc(OS(N)(=O)=O)ccc1O. The number of amides is 1. The van der Waals surface area contributed by atoms with Gasteiger partial charge in [-0.25, -0.2) is 4.79 Å².